The van der Waals surface area contributed by atoms with Crippen LogP contribution in [0.5, 0.6) is 5.75 Å². The van der Waals surface area contributed by atoms with Crippen LogP contribution in [0, 0.1) is 13.8 Å². The molecule has 0 aromatic heterocycles. The monoisotopic (exact) mass is 504 g/mol. The van der Waals surface area contributed by atoms with Crippen molar-refractivity contribution in [3.05, 3.63) is 119 Å². The van der Waals surface area contributed by atoms with Gasteiger partial charge in [-0.05, 0) is 68.8 Å². The fourth-order valence-electron chi connectivity index (χ4n) is 4.11. The molecule has 0 aliphatic carbocycles. The summed E-state index contributed by atoms with van der Waals surface area (Å²) >= 11 is 3.31. The predicted molar refractivity (Wildman–Crippen MR) is 143 cm³/mol. The van der Waals surface area contributed by atoms with E-state index in [-0.39, 0.29) is 5.75 Å². The molecule has 1 nitrogen and oxygen atoms in total. The lowest BCUT2D eigenvalue weighted by molar-refractivity contribution is -0.270. The highest BCUT2D eigenvalue weighted by atomic mass is 79.9. The minimum absolute atomic E-state index is 0.142. The highest BCUT2D eigenvalue weighted by molar-refractivity contribution is 9.10. The topological polar surface area (TPSA) is 23.1 Å². The Morgan fingerprint density at radius 2 is 1.00 bits per heavy atom. The van der Waals surface area contributed by atoms with Gasteiger partial charge in [0, 0.05) is 4.47 Å². The van der Waals surface area contributed by atoms with Crippen LogP contribution >= 0.6 is 23.2 Å². The predicted octanol–water partition coefficient (Wildman–Crippen LogP) is 6.53. The maximum atomic E-state index is 11.1. The smallest absolute Gasteiger partial charge is 0.112 e. The number of benzene rings is 4. The van der Waals surface area contributed by atoms with Crippen molar-refractivity contribution in [1.82, 2.24) is 0 Å². The minimum Gasteiger partial charge on any atom is -0.872 e. The molecule has 0 aliphatic heterocycles. The summed E-state index contributed by atoms with van der Waals surface area (Å²) in [5.74, 6) is 0.142. The van der Waals surface area contributed by atoms with Gasteiger partial charge < -0.3 is 5.11 Å². The van der Waals surface area contributed by atoms with Crippen LogP contribution in [-0.2, 0) is 0 Å². The number of rotatable bonds is 5. The average molecular weight is 505 g/mol. The first kappa shape index (κ1) is 24.2. The Morgan fingerprint density at radius 1 is 0.656 bits per heavy atom. The molecule has 32 heavy (non-hydrogen) atoms. The Hall–Kier alpha value is -2.41. The van der Waals surface area contributed by atoms with Gasteiger partial charge in [0.05, 0.1) is 6.16 Å². The molecule has 0 aliphatic rings. The van der Waals surface area contributed by atoms with Crippen molar-refractivity contribution in [1.29, 1.82) is 0 Å². The van der Waals surface area contributed by atoms with Crippen molar-refractivity contribution in [2.75, 3.05) is 6.16 Å². The highest BCUT2D eigenvalue weighted by Crippen LogP contribution is 2.55. The number of halogens is 1. The van der Waals surface area contributed by atoms with Crippen LogP contribution in [0.3, 0.4) is 0 Å². The first-order valence-corrected chi connectivity index (χ1v) is 13.7. The molecular weight excluding hydrogens is 475 g/mol. The summed E-state index contributed by atoms with van der Waals surface area (Å²) in [6, 6.07) is 36.9. The van der Waals surface area contributed by atoms with Gasteiger partial charge in [0.25, 0.3) is 0 Å². The summed E-state index contributed by atoms with van der Waals surface area (Å²) < 4.78 is 0.974. The van der Waals surface area contributed by atoms with Gasteiger partial charge in [0.1, 0.15) is 23.2 Å². The molecule has 164 valence electrons. The summed E-state index contributed by atoms with van der Waals surface area (Å²) in [7, 11) is -1.55. The molecule has 3 heteroatoms. The number of hydrogen-bond acceptors (Lipinski definition) is 1. The molecule has 0 atom stereocenters. The first-order chi connectivity index (χ1) is 15.5. The Bertz CT molecular complexity index is 992. The van der Waals surface area contributed by atoms with Crippen molar-refractivity contribution < 1.29 is 5.11 Å². The van der Waals surface area contributed by atoms with Crippen LogP contribution in [0.4, 0.5) is 0 Å². The third-order valence-corrected chi connectivity index (χ3v) is 10.7. The van der Waals surface area contributed by atoms with Crippen LogP contribution < -0.4 is 21.0 Å². The van der Waals surface area contributed by atoms with Gasteiger partial charge in [0.15, 0.2) is 0 Å². The molecule has 0 amide bonds. The minimum atomic E-state index is -1.55. The largest absolute Gasteiger partial charge is 0.872 e. The second kappa shape index (κ2) is 11.5. The van der Waals surface area contributed by atoms with E-state index in [1.165, 1.54) is 28.5 Å². The number of hydrogen-bond donors (Lipinski definition) is 0. The maximum absolute atomic E-state index is 11.1. The summed E-state index contributed by atoms with van der Waals surface area (Å²) in [5.41, 5.74) is 1.60. The zero-order valence-corrected chi connectivity index (χ0v) is 21.4. The van der Waals surface area contributed by atoms with E-state index in [0.717, 1.165) is 15.6 Å². The SMILES string of the molecule is CCC[P+](c1ccccc1)(c1ccccc1)c1ccccc1.Cc1cc(Br)cc(C)c1[O-]. The van der Waals surface area contributed by atoms with Gasteiger partial charge in [0.2, 0.25) is 0 Å². The van der Waals surface area contributed by atoms with Crippen LogP contribution in [0.25, 0.3) is 0 Å². The molecule has 0 fully saturated rings. The van der Waals surface area contributed by atoms with E-state index in [1.54, 1.807) is 0 Å². The lowest BCUT2D eigenvalue weighted by Gasteiger charge is -2.27. The summed E-state index contributed by atoms with van der Waals surface area (Å²) in [5, 5.41) is 15.5. The first-order valence-electron chi connectivity index (χ1n) is 11.0. The fraction of sp³-hybridized carbons (Fsp3) is 0.172. The number of aryl methyl sites for hydroxylation is 2. The van der Waals surface area contributed by atoms with E-state index in [2.05, 4.69) is 114 Å². The molecule has 4 aromatic rings. The van der Waals surface area contributed by atoms with E-state index in [4.69, 9.17) is 0 Å². The molecule has 0 saturated carbocycles. The van der Waals surface area contributed by atoms with E-state index in [0.29, 0.717) is 0 Å². The normalized spacial score (nSPS) is 10.9. The average Bonchev–Trinajstić information content (AvgIpc) is 2.83. The van der Waals surface area contributed by atoms with Crippen LogP contribution in [0.2, 0.25) is 0 Å². The van der Waals surface area contributed by atoms with Gasteiger partial charge in [-0.25, -0.2) is 0 Å². The third-order valence-electron chi connectivity index (χ3n) is 5.58. The lowest BCUT2D eigenvalue weighted by Crippen LogP contribution is -2.33. The Morgan fingerprint density at radius 3 is 1.31 bits per heavy atom. The van der Waals surface area contributed by atoms with Gasteiger partial charge in [-0.2, -0.15) is 0 Å². The van der Waals surface area contributed by atoms with E-state index in [1.807, 2.05) is 26.0 Å². The standard InChI is InChI=1S/C21H22P.C8H9BrO/c1-2-18-22(19-12-6-3-7-13-19,20-14-8-4-9-15-20)21-16-10-5-11-17-21;1-5-3-7(9)4-6(2)8(5)10/h3-17H,2,18H2,1H3;3-4,10H,1-2H3/q+1;/p-1. The molecule has 0 saturated heterocycles. The van der Waals surface area contributed by atoms with Crippen molar-refractivity contribution in [3.63, 3.8) is 0 Å². The van der Waals surface area contributed by atoms with Crippen molar-refractivity contribution >= 4 is 39.1 Å². The molecular formula is C29H30BrOP. The zero-order chi connectivity index (χ0) is 23.0. The summed E-state index contributed by atoms with van der Waals surface area (Å²) in [4.78, 5) is 0. The molecule has 4 aromatic carbocycles. The van der Waals surface area contributed by atoms with Gasteiger partial charge in [-0.1, -0.05) is 88.6 Å². The highest BCUT2D eigenvalue weighted by Gasteiger charge is 2.43. The van der Waals surface area contributed by atoms with Crippen molar-refractivity contribution in [2.45, 2.75) is 27.2 Å². The summed E-state index contributed by atoms with van der Waals surface area (Å²) in [6.07, 6.45) is 2.40. The second-order valence-electron chi connectivity index (χ2n) is 7.91. The summed E-state index contributed by atoms with van der Waals surface area (Å²) in [6.45, 7) is 5.93. The van der Waals surface area contributed by atoms with E-state index in [9.17, 15) is 5.11 Å². The Balaban J connectivity index is 0.000000243. The van der Waals surface area contributed by atoms with Crippen molar-refractivity contribution in [2.24, 2.45) is 0 Å². The molecule has 0 bridgehead atoms. The van der Waals surface area contributed by atoms with Gasteiger partial charge in [-0.15, -0.1) is 5.75 Å². The van der Waals surface area contributed by atoms with Crippen molar-refractivity contribution in [3.8, 4) is 5.75 Å². The third kappa shape index (κ3) is 5.49. The zero-order valence-electron chi connectivity index (χ0n) is 19.0. The van der Waals surface area contributed by atoms with Crippen LogP contribution in [0.1, 0.15) is 24.5 Å². The quantitative estimate of drug-likeness (QED) is 0.283. The molecule has 0 N–H and O–H groups in total. The molecule has 0 spiro atoms. The molecule has 0 radical (unpaired) electrons. The van der Waals surface area contributed by atoms with Crippen LogP contribution in [0.15, 0.2) is 108 Å². The van der Waals surface area contributed by atoms with Gasteiger partial charge in [-0.3, -0.25) is 0 Å². The van der Waals surface area contributed by atoms with E-state index < -0.39 is 7.26 Å². The Labute approximate surface area is 201 Å². The van der Waals surface area contributed by atoms with Gasteiger partial charge >= 0.3 is 0 Å². The molecule has 0 heterocycles. The maximum Gasteiger partial charge on any atom is 0.112 e. The van der Waals surface area contributed by atoms with E-state index >= 15 is 0 Å². The Kier molecular flexibility index (Phi) is 8.67. The second-order valence-corrected chi connectivity index (χ2v) is 12.4. The molecule has 4 rings (SSSR count). The fourth-order valence-corrected chi connectivity index (χ4v) is 9.18. The molecule has 0 unspecified atom stereocenters. The lowest BCUT2D eigenvalue weighted by atomic mass is 10.1. The van der Waals surface area contributed by atoms with Crippen LogP contribution in [-0.4, -0.2) is 6.16 Å².